The Balaban J connectivity index is 2.16. The molecule has 5 nitrogen and oxygen atoms in total. The molecule has 2 rings (SSSR count). The highest BCUT2D eigenvalue weighted by molar-refractivity contribution is 5.94. The molecule has 0 radical (unpaired) electrons. The van der Waals surface area contributed by atoms with Gasteiger partial charge < -0.3 is 5.32 Å². The summed E-state index contributed by atoms with van der Waals surface area (Å²) in [6.45, 7) is 1.48. The number of H-pyrrole nitrogens is 1. The van der Waals surface area contributed by atoms with Crippen LogP contribution in [0.25, 0.3) is 0 Å². The highest BCUT2D eigenvalue weighted by Crippen LogP contribution is 2.16. The first-order valence-corrected chi connectivity index (χ1v) is 5.16. The summed E-state index contributed by atoms with van der Waals surface area (Å²) in [5.74, 6) is -2.18. The lowest BCUT2D eigenvalue weighted by atomic mass is 10.1. The minimum absolute atomic E-state index is 0.0195. The van der Waals surface area contributed by atoms with Gasteiger partial charge in [-0.1, -0.05) is 6.07 Å². The van der Waals surface area contributed by atoms with Crippen LogP contribution in [0.1, 0.15) is 21.7 Å². The van der Waals surface area contributed by atoms with Gasteiger partial charge in [0.2, 0.25) is 0 Å². The van der Waals surface area contributed by atoms with Crippen LogP contribution in [0, 0.1) is 18.6 Å². The van der Waals surface area contributed by atoms with Gasteiger partial charge in [0.25, 0.3) is 5.91 Å². The van der Waals surface area contributed by atoms with Gasteiger partial charge in [-0.2, -0.15) is 5.10 Å². The van der Waals surface area contributed by atoms with E-state index in [1.165, 1.54) is 19.3 Å². The van der Waals surface area contributed by atoms with Gasteiger partial charge in [0.15, 0.2) is 0 Å². The molecule has 0 aliphatic heterocycles. The van der Waals surface area contributed by atoms with Crippen LogP contribution in [0.4, 0.5) is 8.78 Å². The SMILES string of the molecule is Cc1ccc(F)c(C(=O)NCc2ncn[nH]2)c1F. The molecule has 1 heterocycles. The van der Waals surface area contributed by atoms with E-state index in [0.717, 1.165) is 6.07 Å². The maximum absolute atomic E-state index is 13.6. The van der Waals surface area contributed by atoms with Gasteiger partial charge in [-0.25, -0.2) is 13.8 Å². The monoisotopic (exact) mass is 252 g/mol. The second-order valence-electron chi connectivity index (χ2n) is 3.67. The Bertz CT molecular complexity index is 569. The highest BCUT2D eigenvalue weighted by atomic mass is 19.1. The Hall–Kier alpha value is -2.31. The summed E-state index contributed by atoms with van der Waals surface area (Å²) in [7, 11) is 0. The van der Waals surface area contributed by atoms with E-state index in [9.17, 15) is 13.6 Å². The van der Waals surface area contributed by atoms with Crippen molar-refractivity contribution in [2.24, 2.45) is 0 Å². The van der Waals surface area contributed by atoms with Crippen molar-refractivity contribution in [1.82, 2.24) is 20.5 Å². The van der Waals surface area contributed by atoms with Crippen LogP contribution in [0.3, 0.4) is 0 Å². The summed E-state index contributed by atoms with van der Waals surface area (Å²) in [6.07, 6.45) is 1.27. The number of amides is 1. The molecule has 0 bridgehead atoms. The Kier molecular flexibility index (Phi) is 3.31. The third kappa shape index (κ3) is 2.34. The highest BCUT2D eigenvalue weighted by Gasteiger charge is 2.18. The normalized spacial score (nSPS) is 10.4. The van der Waals surface area contributed by atoms with Crippen molar-refractivity contribution in [2.75, 3.05) is 0 Å². The molecule has 2 aromatic rings. The quantitative estimate of drug-likeness (QED) is 0.865. The first-order valence-electron chi connectivity index (χ1n) is 5.16. The van der Waals surface area contributed by atoms with E-state index in [-0.39, 0.29) is 12.1 Å². The van der Waals surface area contributed by atoms with Gasteiger partial charge in [-0.3, -0.25) is 9.89 Å². The van der Waals surface area contributed by atoms with Gasteiger partial charge in [0, 0.05) is 0 Å². The molecular formula is C11H10F2N4O. The number of carbonyl (C=O) groups excluding carboxylic acids is 1. The van der Waals surface area contributed by atoms with Crippen LogP contribution in [0.15, 0.2) is 18.5 Å². The maximum atomic E-state index is 13.6. The number of aromatic amines is 1. The van der Waals surface area contributed by atoms with Crippen LogP contribution in [-0.2, 0) is 6.54 Å². The molecule has 0 saturated carbocycles. The number of hydrogen-bond acceptors (Lipinski definition) is 3. The predicted molar refractivity (Wildman–Crippen MR) is 58.6 cm³/mol. The van der Waals surface area contributed by atoms with Crippen LogP contribution in [-0.4, -0.2) is 21.1 Å². The lowest BCUT2D eigenvalue weighted by molar-refractivity contribution is 0.0941. The second-order valence-corrected chi connectivity index (χ2v) is 3.67. The number of nitrogens with one attached hydrogen (secondary N) is 2. The molecule has 7 heteroatoms. The number of rotatable bonds is 3. The molecule has 0 saturated heterocycles. The fraction of sp³-hybridized carbons (Fsp3) is 0.182. The Labute approximate surface area is 101 Å². The molecule has 0 aliphatic carbocycles. The van der Waals surface area contributed by atoms with E-state index in [1.54, 1.807) is 0 Å². The molecule has 1 aromatic carbocycles. The maximum Gasteiger partial charge on any atom is 0.257 e. The van der Waals surface area contributed by atoms with Crippen LogP contribution >= 0.6 is 0 Å². The van der Waals surface area contributed by atoms with E-state index < -0.39 is 23.1 Å². The lowest BCUT2D eigenvalue weighted by Crippen LogP contribution is -2.25. The first-order chi connectivity index (χ1) is 8.59. The minimum Gasteiger partial charge on any atom is -0.345 e. The van der Waals surface area contributed by atoms with Gasteiger partial charge in [-0.05, 0) is 18.6 Å². The van der Waals surface area contributed by atoms with Crippen LogP contribution in [0.5, 0.6) is 0 Å². The summed E-state index contributed by atoms with van der Waals surface area (Å²) in [4.78, 5) is 15.5. The molecule has 0 aliphatic rings. The smallest absolute Gasteiger partial charge is 0.257 e. The fourth-order valence-corrected chi connectivity index (χ4v) is 1.43. The van der Waals surface area contributed by atoms with Crippen LogP contribution < -0.4 is 5.32 Å². The zero-order chi connectivity index (χ0) is 13.1. The second kappa shape index (κ2) is 4.91. The average molecular weight is 252 g/mol. The molecule has 0 atom stereocenters. The average Bonchev–Trinajstić information content (AvgIpc) is 2.85. The zero-order valence-electron chi connectivity index (χ0n) is 9.50. The summed E-state index contributed by atoms with van der Waals surface area (Å²) in [5.41, 5.74) is -0.379. The third-order valence-corrected chi connectivity index (χ3v) is 2.39. The van der Waals surface area contributed by atoms with Crippen LogP contribution in [0.2, 0.25) is 0 Å². The zero-order valence-corrected chi connectivity index (χ0v) is 9.50. The standard InChI is InChI=1S/C11H10F2N4O/c1-6-2-3-7(12)9(10(6)13)11(18)14-4-8-15-5-16-17-8/h2-3,5H,4H2,1H3,(H,14,18)(H,15,16,17). The van der Waals surface area contributed by atoms with E-state index in [0.29, 0.717) is 5.82 Å². The number of aromatic nitrogens is 3. The van der Waals surface area contributed by atoms with Crippen molar-refractivity contribution in [2.45, 2.75) is 13.5 Å². The molecule has 2 N–H and O–H groups in total. The van der Waals surface area contributed by atoms with Gasteiger partial charge in [0.1, 0.15) is 29.3 Å². The number of nitrogens with zero attached hydrogens (tertiary/aromatic N) is 2. The molecule has 0 fully saturated rings. The van der Waals surface area contributed by atoms with Gasteiger partial charge in [0.05, 0.1) is 6.54 Å². The number of aryl methyl sites for hydroxylation is 1. The number of halogens is 2. The first kappa shape index (κ1) is 12.2. The molecule has 1 amide bonds. The van der Waals surface area contributed by atoms with Gasteiger partial charge >= 0.3 is 0 Å². The molecule has 0 spiro atoms. The van der Waals surface area contributed by atoms with Crippen molar-refractivity contribution in [3.8, 4) is 0 Å². The third-order valence-electron chi connectivity index (χ3n) is 2.39. The Morgan fingerprint density at radius 1 is 1.44 bits per heavy atom. The summed E-state index contributed by atoms with van der Waals surface area (Å²) in [6, 6.07) is 2.33. The van der Waals surface area contributed by atoms with Crippen molar-refractivity contribution >= 4 is 5.91 Å². The van der Waals surface area contributed by atoms with Crippen molar-refractivity contribution in [3.05, 3.63) is 47.0 Å². The van der Waals surface area contributed by atoms with E-state index in [4.69, 9.17) is 0 Å². The van der Waals surface area contributed by atoms with Crippen molar-refractivity contribution in [1.29, 1.82) is 0 Å². The molecule has 18 heavy (non-hydrogen) atoms. The van der Waals surface area contributed by atoms with E-state index in [2.05, 4.69) is 20.5 Å². The molecular weight excluding hydrogens is 242 g/mol. The molecule has 0 unspecified atom stereocenters. The number of hydrogen-bond donors (Lipinski definition) is 2. The predicted octanol–water partition coefficient (Wildman–Crippen LogP) is 1.32. The fourth-order valence-electron chi connectivity index (χ4n) is 1.43. The Morgan fingerprint density at radius 3 is 2.89 bits per heavy atom. The summed E-state index contributed by atoms with van der Waals surface area (Å²) < 4.78 is 27.1. The topological polar surface area (TPSA) is 70.7 Å². The van der Waals surface area contributed by atoms with E-state index >= 15 is 0 Å². The van der Waals surface area contributed by atoms with Crippen molar-refractivity contribution < 1.29 is 13.6 Å². The van der Waals surface area contributed by atoms with Gasteiger partial charge in [-0.15, -0.1) is 0 Å². The summed E-state index contributed by atoms with van der Waals surface area (Å²) >= 11 is 0. The molecule has 1 aromatic heterocycles. The lowest BCUT2D eigenvalue weighted by Gasteiger charge is -2.07. The molecule has 94 valence electrons. The Morgan fingerprint density at radius 2 is 2.22 bits per heavy atom. The minimum atomic E-state index is -0.895. The van der Waals surface area contributed by atoms with Crippen molar-refractivity contribution in [3.63, 3.8) is 0 Å². The largest absolute Gasteiger partial charge is 0.345 e. The van der Waals surface area contributed by atoms with E-state index in [1.807, 2.05) is 0 Å². The number of carbonyl (C=O) groups is 1. The summed E-state index contributed by atoms with van der Waals surface area (Å²) in [5, 5.41) is 8.47. The number of benzene rings is 1.